The van der Waals surface area contributed by atoms with Gasteiger partial charge in [0.2, 0.25) is 0 Å². The first-order valence-corrected chi connectivity index (χ1v) is 29.0. The van der Waals surface area contributed by atoms with Crippen LogP contribution in [0.5, 0.6) is 23.0 Å². The minimum atomic E-state index is -4.00. The molecule has 3 aromatic heterocycles. The first kappa shape index (κ1) is 57.0. The van der Waals surface area contributed by atoms with Gasteiger partial charge >= 0.3 is 5.97 Å². The molecule has 1 aliphatic rings. The summed E-state index contributed by atoms with van der Waals surface area (Å²) >= 11 is 2.10. The number of carbonyl (C=O) groups is 1. The number of imidazole rings is 1. The van der Waals surface area contributed by atoms with E-state index in [0.29, 0.717) is 75.9 Å². The number of hydrogen-bond donors (Lipinski definition) is 5. The van der Waals surface area contributed by atoms with Crippen molar-refractivity contribution in [2.75, 3.05) is 12.4 Å². The highest BCUT2D eigenvalue weighted by molar-refractivity contribution is 7.98. The van der Waals surface area contributed by atoms with E-state index >= 15 is 13.2 Å². The summed E-state index contributed by atoms with van der Waals surface area (Å²) in [6.07, 6.45) is 6.76. The number of aromatic nitrogens is 4. The van der Waals surface area contributed by atoms with Crippen LogP contribution in [0.4, 0.5) is 17.6 Å². The van der Waals surface area contributed by atoms with Gasteiger partial charge in [-0.3, -0.25) is 4.79 Å². The van der Waals surface area contributed by atoms with E-state index in [1.54, 1.807) is 54.5 Å². The number of aliphatic hydroxyl groups excluding tert-OH is 1. The molecule has 10 rings (SSSR count). The number of aliphatic carboxylic acids is 1. The molecule has 6 aromatic carbocycles. The Morgan fingerprint density at radius 1 is 0.900 bits per heavy atom. The zero-order chi connectivity index (χ0) is 56.9. The predicted molar refractivity (Wildman–Crippen MR) is 305 cm³/mol. The van der Waals surface area contributed by atoms with Crippen LogP contribution in [0.1, 0.15) is 80.5 Å². The number of rotatable bonds is 10. The molecular formula is C60H55F4N5O8S3. The summed E-state index contributed by atoms with van der Waals surface area (Å²) in [5.74, 6) is -1.62. The van der Waals surface area contributed by atoms with Gasteiger partial charge in [0.25, 0.3) is 10.0 Å². The van der Waals surface area contributed by atoms with Gasteiger partial charge in [-0.05, 0) is 113 Å². The number of aliphatic hydroxyl groups is 1. The largest absolute Gasteiger partial charge is 0.481 e. The van der Waals surface area contributed by atoms with Gasteiger partial charge in [0.15, 0.2) is 23.1 Å². The second-order valence-electron chi connectivity index (χ2n) is 19.9. The Kier molecular flexibility index (Phi) is 17.1. The number of fused-ring (bicyclic) bond motifs is 9. The molecule has 0 amide bonds. The summed E-state index contributed by atoms with van der Waals surface area (Å²) in [5, 5.41) is 29.3. The van der Waals surface area contributed by atoms with Gasteiger partial charge in [-0.15, -0.1) is 0 Å². The SMILES string of the molecule is CC(O)=[SH]Cc1c(Oc2ccc(F)c(C#N)c2)c(F)cc2c1ccn2S(=O)(=O)c1ccccc1.CC1(C)CSCc2c(c(F)cc3[nH]ccc23)Oc2ccc(F)c(c2)-c2nc(c[nH]2)C(C)(c2cccc(CCC(=O)O)c2)CCCO1. The van der Waals surface area contributed by atoms with E-state index in [0.717, 1.165) is 45.1 Å². The van der Waals surface area contributed by atoms with Gasteiger partial charge in [0, 0.05) is 99.9 Å². The first-order valence-electron chi connectivity index (χ1n) is 25.3. The van der Waals surface area contributed by atoms with E-state index in [2.05, 4.69) is 30.7 Å². The number of halogens is 4. The normalized spacial score (nSPS) is 16.0. The van der Waals surface area contributed by atoms with Crippen molar-refractivity contribution < 1.29 is 55.2 Å². The Morgan fingerprint density at radius 2 is 1.69 bits per heavy atom. The molecule has 4 N–H and O–H groups in total. The highest BCUT2D eigenvalue weighted by Gasteiger charge is 2.33. The van der Waals surface area contributed by atoms with Gasteiger partial charge in [0.1, 0.15) is 35.0 Å². The quantitative estimate of drug-likeness (QED) is 0.0497. The number of thioether (sulfide) groups is 1. The van der Waals surface area contributed by atoms with Crippen LogP contribution >= 0.6 is 23.1 Å². The van der Waals surface area contributed by atoms with Crippen LogP contribution in [0.15, 0.2) is 139 Å². The second-order valence-corrected chi connectivity index (χ2v) is 23.9. The Bertz CT molecular complexity index is 3960. The van der Waals surface area contributed by atoms with Gasteiger partial charge in [-0.2, -0.15) is 28.4 Å². The molecule has 1 atom stereocenters. The topological polar surface area (TPSA) is 193 Å². The van der Waals surface area contributed by atoms with Crippen molar-refractivity contribution in [3.63, 3.8) is 0 Å². The fraction of sp³-hybridized carbons (Fsp3) is 0.233. The van der Waals surface area contributed by atoms with Crippen molar-refractivity contribution in [1.82, 2.24) is 18.9 Å². The Balaban J connectivity index is 0.000000203. The summed E-state index contributed by atoms with van der Waals surface area (Å²) in [4.78, 5) is 22.4. The van der Waals surface area contributed by atoms with Gasteiger partial charge < -0.3 is 34.4 Å². The van der Waals surface area contributed by atoms with Crippen LogP contribution in [0.25, 0.3) is 33.2 Å². The standard InChI is InChI=1S/C36H37F2N3O4S.C24H18F2N2O4S2/c1-35(2)21-46-20-27-25-12-14-39-30(25)18-29(38)33(27)45-24-9-10-28(37)26(17-24)34-40-19-31(41-34)36(3,13-5-15-44-35)23-7-4-6-22(16-23)8-11-32(42)43;1-15(29)33-14-20-19-9-10-28(34(30,31)18-5-3-2-4-6-18)23(19)12-22(26)24(20)32-17-7-8-21(25)16(11-17)13-27/h4,6-7,9-10,12,14,16-19,39H,5,8,11,13,15,20-21H2,1-3H3,(H,40,41)(H,42,43);2-12,29,33H,14H2,1H3. The van der Waals surface area contributed by atoms with Crippen molar-refractivity contribution in [3.05, 3.63) is 191 Å². The zero-order valence-corrected chi connectivity index (χ0v) is 46.3. The highest BCUT2D eigenvalue weighted by atomic mass is 32.2. The lowest BCUT2D eigenvalue weighted by molar-refractivity contribution is -0.136. The van der Waals surface area contributed by atoms with Crippen molar-refractivity contribution >= 4 is 66.0 Å². The van der Waals surface area contributed by atoms with E-state index in [9.17, 15) is 27.8 Å². The number of carboxylic acid groups (broad SMARTS) is 1. The van der Waals surface area contributed by atoms with Crippen molar-refractivity contribution in [3.8, 4) is 40.5 Å². The molecule has 0 aliphatic carbocycles. The van der Waals surface area contributed by atoms with Gasteiger partial charge in [-0.25, -0.2) is 34.9 Å². The van der Waals surface area contributed by atoms with E-state index in [1.165, 1.54) is 55.6 Å². The number of aryl methyl sites for hydroxylation is 1. The number of aromatic amines is 2. The number of thiol groups is 1. The molecule has 414 valence electrons. The van der Waals surface area contributed by atoms with E-state index in [1.807, 2.05) is 30.3 Å². The van der Waals surface area contributed by atoms with Crippen LogP contribution < -0.4 is 9.47 Å². The third-order valence-electron chi connectivity index (χ3n) is 13.6. The summed E-state index contributed by atoms with van der Waals surface area (Å²) < 4.78 is 106. The monoisotopic (exact) mass is 1150 g/mol. The van der Waals surface area contributed by atoms with E-state index in [4.69, 9.17) is 24.5 Å². The highest BCUT2D eigenvalue weighted by Crippen LogP contribution is 2.42. The Morgan fingerprint density at radius 3 is 2.45 bits per heavy atom. The molecule has 1 unspecified atom stereocenters. The summed E-state index contributed by atoms with van der Waals surface area (Å²) in [6, 6.07) is 31.1. The maximum atomic E-state index is 15.5. The van der Waals surface area contributed by atoms with Crippen molar-refractivity contribution in [1.29, 1.82) is 5.26 Å². The number of nitrogens with one attached hydrogen (secondary N) is 2. The lowest BCUT2D eigenvalue weighted by atomic mass is 9.75. The fourth-order valence-corrected chi connectivity index (χ4v) is 12.7. The Labute approximate surface area is 467 Å². The molecule has 20 heteroatoms. The maximum absolute atomic E-state index is 15.5. The minimum absolute atomic E-state index is 0.0372. The molecule has 0 spiro atoms. The third kappa shape index (κ3) is 12.5. The van der Waals surface area contributed by atoms with Crippen molar-refractivity contribution in [2.24, 2.45) is 0 Å². The van der Waals surface area contributed by atoms with Crippen LogP contribution in [0, 0.1) is 34.6 Å². The van der Waals surface area contributed by atoms with Crippen LogP contribution in [0.3, 0.4) is 0 Å². The van der Waals surface area contributed by atoms with E-state index < -0.39 is 50.3 Å². The number of benzene rings is 6. The molecule has 0 saturated heterocycles. The molecule has 0 saturated carbocycles. The van der Waals surface area contributed by atoms with Gasteiger partial charge in [0.05, 0.1) is 37.9 Å². The van der Waals surface area contributed by atoms with Crippen molar-refractivity contribution in [2.45, 2.75) is 80.8 Å². The first-order chi connectivity index (χ1) is 38.2. The Hall–Kier alpha value is -7.67. The summed E-state index contributed by atoms with van der Waals surface area (Å²) in [6.45, 7) is 8.20. The molecule has 4 heterocycles. The predicted octanol–water partition coefficient (Wildman–Crippen LogP) is 14.3. The molecule has 4 bridgehead atoms. The number of carboxylic acids is 1. The molecule has 0 radical (unpaired) electrons. The molecule has 0 fully saturated rings. The minimum Gasteiger partial charge on any atom is -0.481 e. The molecule has 13 nitrogen and oxygen atoms in total. The lowest BCUT2D eigenvalue weighted by Crippen LogP contribution is -2.30. The zero-order valence-electron chi connectivity index (χ0n) is 43.8. The fourth-order valence-electron chi connectivity index (χ4n) is 9.47. The van der Waals surface area contributed by atoms with Gasteiger partial charge in [-0.1, -0.05) is 42.5 Å². The average molecular weight is 1150 g/mol. The second kappa shape index (κ2) is 24.0. The maximum Gasteiger partial charge on any atom is 0.303 e. The number of hydrogen-bond acceptors (Lipinski definition) is 9. The number of nitriles is 1. The molecule has 80 heavy (non-hydrogen) atoms. The van der Waals surface area contributed by atoms with Crippen LogP contribution in [-0.4, -0.2) is 66.5 Å². The number of H-pyrrole nitrogens is 2. The molecule has 9 aromatic rings. The lowest BCUT2D eigenvalue weighted by Gasteiger charge is -2.31. The average Bonchev–Trinajstić information content (AvgIpc) is 4.39. The molecule has 1 aliphatic heterocycles. The van der Waals surface area contributed by atoms with Crippen LogP contribution in [0.2, 0.25) is 0 Å². The third-order valence-corrected chi connectivity index (χ3v) is 17.7. The molecular weight excluding hydrogens is 1090 g/mol. The van der Waals surface area contributed by atoms with Crippen LogP contribution in [-0.2, 0) is 42.9 Å². The number of nitrogens with zero attached hydrogens (tertiary/aromatic N) is 3. The summed E-state index contributed by atoms with van der Waals surface area (Å²) in [7, 11) is -4.00. The smallest absolute Gasteiger partial charge is 0.303 e. The summed E-state index contributed by atoms with van der Waals surface area (Å²) in [5.41, 5.74) is 3.33. The van der Waals surface area contributed by atoms with E-state index in [-0.39, 0.29) is 61.8 Å². The number of ether oxygens (including phenoxy) is 3.